The van der Waals surface area contributed by atoms with Crippen molar-refractivity contribution in [2.75, 3.05) is 19.7 Å². The van der Waals surface area contributed by atoms with E-state index in [4.69, 9.17) is 9.84 Å². The van der Waals surface area contributed by atoms with E-state index >= 15 is 0 Å². The summed E-state index contributed by atoms with van der Waals surface area (Å²) in [5.74, 6) is -1.85. The SMILES string of the molecule is CCCN(CC(=O)O)S(=O)(=O)c1ccc(C)c(C(=O)OCC)c1. The summed E-state index contributed by atoms with van der Waals surface area (Å²) in [6, 6.07) is 4.09. The maximum absolute atomic E-state index is 12.6. The molecule has 1 aromatic rings. The Kier molecular flexibility index (Phi) is 6.71. The van der Waals surface area contributed by atoms with Crippen LogP contribution in [-0.4, -0.2) is 49.5 Å². The van der Waals surface area contributed by atoms with Crippen LogP contribution in [0.15, 0.2) is 23.1 Å². The first kappa shape index (κ1) is 19.1. The Morgan fingerprint density at radius 3 is 2.43 bits per heavy atom. The van der Waals surface area contributed by atoms with Crippen molar-refractivity contribution in [1.29, 1.82) is 0 Å². The zero-order valence-corrected chi connectivity index (χ0v) is 14.2. The Bertz CT molecular complexity index is 683. The van der Waals surface area contributed by atoms with Crippen LogP contribution < -0.4 is 0 Å². The number of sulfonamides is 1. The third-order valence-corrected chi connectivity index (χ3v) is 4.97. The van der Waals surface area contributed by atoms with Crippen LogP contribution in [0.1, 0.15) is 36.2 Å². The summed E-state index contributed by atoms with van der Waals surface area (Å²) in [6.07, 6.45) is 0.475. The van der Waals surface area contributed by atoms with Gasteiger partial charge >= 0.3 is 11.9 Å². The van der Waals surface area contributed by atoms with E-state index in [-0.39, 0.29) is 23.6 Å². The molecule has 0 heterocycles. The highest BCUT2D eigenvalue weighted by Crippen LogP contribution is 2.20. The Morgan fingerprint density at radius 2 is 1.91 bits per heavy atom. The number of carboxylic acids is 1. The molecule has 128 valence electrons. The molecule has 0 aliphatic carbocycles. The summed E-state index contributed by atoms with van der Waals surface area (Å²) in [7, 11) is -4.00. The lowest BCUT2D eigenvalue weighted by atomic mass is 10.1. The van der Waals surface area contributed by atoms with Gasteiger partial charge in [-0.1, -0.05) is 13.0 Å². The number of rotatable bonds is 8. The number of aryl methyl sites for hydroxylation is 1. The second-order valence-electron chi connectivity index (χ2n) is 4.93. The number of benzene rings is 1. The van der Waals surface area contributed by atoms with Crippen LogP contribution in [-0.2, 0) is 19.6 Å². The molecule has 0 aromatic heterocycles. The molecule has 0 bridgehead atoms. The first-order chi connectivity index (χ1) is 10.7. The number of carbonyl (C=O) groups is 2. The molecule has 0 amide bonds. The molecule has 0 aliphatic rings. The third-order valence-electron chi connectivity index (χ3n) is 3.13. The molecule has 0 aliphatic heterocycles. The lowest BCUT2D eigenvalue weighted by Gasteiger charge is -2.20. The van der Waals surface area contributed by atoms with Gasteiger partial charge in [-0.3, -0.25) is 4.79 Å². The molecule has 0 saturated heterocycles. The minimum absolute atomic E-state index is 0.0806. The van der Waals surface area contributed by atoms with E-state index in [0.717, 1.165) is 4.31 Å². The Labute approximate surface area is 135 Å². The summed E-state index contributed by atoms with van der Waals surface area (Å²) in [4.78, 5) is 22.7. The molecular weight excluding hydrogens is 322 g/mol. The van der Waals surface area contributed by atoms with Crippen LogP contribution in [0.4, 0.5) is 0 Å². The lowest BCUT2D eigenvalue weighted by molar-refractivity contribution is -0.137. The van der Waals surface area contributed by atoms with Crippen LogP contribution in [0.25, 0.3) is 0 Å². The monoisotopic (exact) mass is 343 g/mol. The Balaban J connectivity index is 3.29. The van der Waals surface area contributed by atoms with Crippen molar-refractivity contribution in [3.05, 3.63) is 29.3 Å². The molecule has 1 rings (SSSR count). The van der Waals surface area contributed by atoms with Gasteiger partial charge in [-0.05, 0) is 38.0 Å². The molecule has 0 atom stereocenters. The molecule has 8 heteroatoms. The number of nitrogens with zero attached hydrogens (tertiary/aromatic N) is 1. The van der Waals surface area contributed by atoms with E-state index < -0.39 is 28.5 Å². The second-order valence-corrected chi connectivity index (χ2v) is 6.87. The van der Waals surface area contributed by atoms with Gasteiger partial charge in [-0.2, -0.15) is 4.31 Å². The highest BCUT2D eigenvalue weighted by molar-refractivity contribution is 7.89. The number of esters is 1. The van der Waals surface area contributed by atoms with Gasteiger partial charge < -0.3 is 9.84 Å². The standard InChI is InChI=1S/C15H21NO6S/c1-4-8-16(10-14(17)18)23(20,21)12-7-6-11(3)13(9-12)15(19)22-5-2/h6-7,9H,4-5,8,10H2,1-3H3,(H,17,18). The Hall–Kier alpha value is -1.93. The molecular formula is C15H21NO6S. The predicted molar refractivity (Wildman–Crippen MR) is 83.8 cm³/mol. The summed E-state index contributed by atoms with van der Waals surface area (Å²) in [6.45, 7) is 4.71. The predicted octanol–water partition coefficient (Wildman–Crippen LogP) is 1.66. The van der Waals surface area contributed by atoms with Gasteiger partial charge in [0.2, 0.25) is 10.0 Å². The molecule has 0 radical (unpaired) electrons. The van der Waals surface area contributed by atoms with Crippen molar-refractivity contribution in [3.8, 4) is 0 Å². The van der Waals surface area contributed by atoms with Crippen molar-refractivity contribution in [3.63, 3.8) is 0 Å². The number of carboxylic acid groups (broad SMARTS) is 1. The van der Waals surface area contributed by atoms with E-state index in [9.17, 15) is 18.0 Å². The number of aliphatic carboxylic acids is 1. The topological polar surface area (TPSA) is 101 Å². The fourth-order valence-electron chi connectivity index (χ4n) is 2.02. The molecule has 7 nitrogen and oxygen atoms in total. The van der Waals surface area contributed by atoms with Gasteiger partial charge in [-0.15, -0.1) is 0 Å². The fourth-order valence-corrected chi connectivity index (χ4v) is 3.53. The summed E-state index contributed by atoms with van der Waals surface area (Å²) >= 11 is 0. The highest BCUT2D eigenvalue weighted by atomic mass is 32.2. The molecule has 1 N–H and O–H groups in total. The van der Waals surface area contributed by atoms with Crippen molar-refractivity contribution in [2.45, 2.75) is 32.1 Å². The van der Waals surface area contributed by atoms with Crippen molar-refractivity contribution in [1.82, 2.24) is 4.31 Å². The van der Waals surface area contributed by atoms with Gasteiger partial charge in [0.15, 0.2) is 0 Å². The minimum Gasteiger partial charge on any atom is -0.480 e. The van der Waals surface area contributed by atoms with Gasteiger partial charge in [0.05, 0.1) is 17.1 Å². The van der Waals surface area contributed by atoms with Gasteiger partial charge in [0, 0.05) is 6.54 Å². The zero-order chi connectivity index (χ0) is 17.6. The van der Waals surface area contributed by atoms with E-state index in [1.54, 1.807) is 20.8 Å². The first-order valence-electron chi connectivity index (χ1n) is 7.23. The Morgan fingerprint density at radius 1 is 1.26 bits per heavy atom. The normalized spacial score (nSPS) is 11.5. The van der Waals surface area contributed by atoms with Crippen LogP contribution >= 0.6 is 0 Å². The van der Waals surface area contributed by atoms with Crippen LogP contribution in [0.5, 0.6) is 0 Å². The van der Waals surface area contributed by atoms with Gasteiger partial charge in [0.1, 0.15) is 6.54 Å². The molecule has 23 heavy (non-hydrogen) atoms. The minimum atomic E-state index is -4.00. The summed E-state index contributed by atoms with van der Waals surface area (Å²) < 4.78 is 31.0. The highest BCUT2D eigenvalue weighted by Gasteiger charge is 2.27. The number of ether oxygens (including phenoxy) is 1. The largest absolute Gasteiger partial charge is 0.480 e. The quantitative estimate of drug-likeness (QED) is 0.720. The number of hydrogen-bond donors (Lipinski definition) is 1. The number of hydrogen-bond acceptors (Lipinski definition) is 5. The third kappa shape index (κ3) is 4.77. The van der Waals surface area contributed by atoms with E-state index in [1.165, 1.54) is 18.2 Å². The molecule has 0 unspecified atom stereocenters. The maximum Gasteiger partial charge on any atom is 0.338 e. The second kappa shape index (κ2) is 8.07. The lowest BCUT2D eigenvalue weighted by Crippen LogP contribution is -2.36. The van der Waals surface area contributed by atoms with Crippen molar-refractivity contribution >= 4 is 22.0 Å². The summed E-state index contributed by atoms with van der Waals surface area (Å²) in [5, 5.41) is 8.90. The van der Waals surface area contributed by atoms with Crippen molar-refractivity contribution in [2.24, 2.45) is 0 Å². The summed E-state index contributed by atoms with van der Waals surface area (Å²) in [5.41, 5.74) is 0.738. The number of carbonyl (C=O) groups excluding carboxylic acids is 1. The van der Waals surface area contributed by atoms with Crippen LogP contribution in [0.2, 0.25) is 0 Å². The fraction of sp³-hybridized carbons (Fsp3) is 0.467. The van der Waals surface area contributed by atoms with Crippen LogP contribution in [0, 0.1) is 6.92 Å². The van der Waals surface area contributed by atoms with Crippen molar-refractivity contribution < 1.29 is 27.9 Å². The molecule has 0 fully saturated rings. The maximum atomic E-state index is 12.6. The molecule has 0 spiro atoms. The van der Waals surface area contributed by atoms with Gasteiger partial charge in [0.25, 0.3) is 0 Å². The zero-order valence-electron chi connectivity index (χ0n) is 13.4. The first-order valence-corrected chi connectivity index (χ1v) is 8.67. The van der Waals surface area contributed by atoms with Crippen LogP contribution in [0.3, 0.4) is 0 Å². The van der Waals surface area contributed by atoms with Gasteiger partial charge in [-0.25, -0.2) is 13.2 Å². The average molecular weight is 343 g/mol. The van der Waals surface area contributed by atoms with E-state index in [1.807, 2.05) is 0 Å². The molecule has 0 saturated carbocycles. The average Bonchev–Trinajstić information content (AvgIpc) is 2.46. The smallest absolute Gasteiger partial charge is 0.338 e. The van der Waals surface area contributed by atoms with E-state index in [0.29, 0.717) is 12.0 Å². The van der Waals surface area contributed by atoms with E-state index in [2.05, 4.69) is 0 Å². The molecule has 1 aromatic carbocycles.